The van der Waals surface area contributed by atoms with E-state index in [0.717, 1.165) is 16.7 Å². The highest BCUT2D eigenvalue weighted by molar-refractivity contribution is 7.89. The normalized spacial score (nSPS) is 12.3. The number of terminal acetylenes is 1. The average Bonchev–Trinajstić information content (AvgIpc) is 3.53. The molecule has 7 nitrogen and oxygen atoms in total. The summed E-state index contributed by atoms with van der Waals surface area (Å²) in [5.74, 6) is 3.61. The van der Waals surface area contributed by atoms with Crippen molar-refractivity contribution in [3.8, 4) is 23.8 Å². The lowest BCUT2D eigenvalue weighted by molar-refractivity contribution is -0.131. The van der Waals surface area contributed by atoms with Crippen molar-refractivity contribution in [1.82, 2.24) is 9.62 Å². The molecule has 0 spiro atoms. The maximum atomic E-state index is 13.2. The van der Waals surface area contributed by atoms with Crippen LogP contribution in [0.4, 0.5) is 0 Å². The Morgan fingerprint density at radius 2 is 1.94 bits per heavy atom. The number of carbonyl (C=O) groups excluding carboxylic acids is 1. The zero-order chi connectivity index (χ0) is 24.0. The van der Waals surface area contributed by atoms with Gasteiger partial charge in [0.25, 0.3) is 0 Å². The Kier molecular flexibility index (Phi) is 7.53. The van der Waals surface area contributed by atoms with Crippen molar-refractivity contribution in [1.29, 1.82) is 0 Å². The molecule has 3 aromatic rings. The largest absolute Gasteiger partial charge is 0.454 e. The van der Waals surface area contributed by atoms with Crippen molar-refractivity contribution in [3.63, 3.8) is 0 Å². The van der Waals surface area contributed by atoms with E-state index in [4.69, 9.17) is 15.9 Å². The van der Waals surface area contributed by atoms with Gasteiger partial charge < -0.3 is 14.4 Å². The molecule has 1 N–H and O–H groups in total. The van der Waals surface area contributed by atoms with E-state index in [9.17, 15) is 13.2 Å². The molecule has 0 atom stereocenters. The summed E-state index contributed by atoms with van der Waals surface area (Å²) in [4.78, 5) is 15.1. The zero-order valence-corrected chi connectivity index (χ0v) is 20.0. The number of rotatable bonds is 10. The highest BCUT2D eigenvalue weighted by Gasteiger charge is 2.22. The highest BCUT2D eigenvalue weighted by Crippen LogP contribution is 2.36. The van der Waals surface area contributed by atoms with E-state index in [1.54, 1.807) is 40.5 Å². The highest BCUT2D eigenvalue weighted by atomic mass is 32.2. The lowest BCUT2D eigenvalue weighted by Gasteiger charge is -2.23. The number of ether oxygens (including phenoxy) is 2. The Balaban J connectivity index is 1.48. The molecule has 0 saturated carbocycles. The van der Waals surface area contributed by atoms with Gasteiger partial charge in [-0.25, -0.2) is 8.42 Å². The van der Waals surface area contributed by atoms with Crippen molar-refractivity contribution in [2.75, 3.05) is 19.9 Å². The Labute approximate surface area is 203 Å². The molecule has 1 amide bonds. The maximum Gasteiger partial charge on any atom is 0.241 e. The summed E-state index contributed by atoms with van der Waals surface area (Å²) in [7, 11) is -3.64. The molecule has 9 heteroatoms. The topological polar surface area (TPSA) is 84.9 Å². The zero-order valence-electron chi connectivity index (χ0n) is 18.4. The number of nitrogens with one attached hydrogen (secondary N) is 1. The van der Waals surface area contributed by atoms with E-state index < -0.39 is 10.0 Å². The van der Waals surface area contributed by atoms with Crippen LogP contribution in [-0.4, -0.2) is 39.1 Å². The molecule has 0 radical (unpaired) electrons. The van der Waals surface area contributed by atoms with Crippen LogP contribution < -0.4 is 14.2 Å². The van der Waals surface area contributed by atoms with Crippen molar-refractivity contribution in [2.24, 2.45) is 0 Å². The average molecular weight is 497 g/mol. The summed E-state index contributed by atoms with van der Waals surface area (Å²) in [6, 6.07) is 14.2. The van der Waals surface area contributed by atoms with Gasteiger partial charge in [-0.15, -0.1) is 6.42 Å². The monoisotopic (exact) mass is 496 g/mol. The van der Waals surface area contributed by atoms with Crippen LogP contribution in [0.2, 0.25) is 0 Å². The molecular formula is C25H24N2O5S2. The quantitative estimate of drug-likeness (QED) is 0.436. The second-order valence-electron chi connectivity index (χ2n) is 7.70. The van der Waals surface area contributed by atoms with E-state index in [-0.39, 0.29) is 24.1 Å². The number of benzene rings is 2. The second-order valence-corrected chi connectivity index (χ2v) is 10.2. The number of para-hydroxylation sites is 1. The van der Waals surface area contributed by atoms with Crippen molar-refractivity contribution in [3.05, 3.63) is 76.0 Å². The number of amides is 1. The van der Waals surface area contributed by atoms with Crippen LogP contribution in [0.3, 0.4) is 0 Å². The van der Waals surface area contributed by atoms with Gasteiger partial charge in [-0.05, 0) is 52.6 Å². The lowest BCUT2D eigenvalue weighted by atomic mass is 10.1. The standard InChI is InChI=1S/C25H24N2O5S2/c1-2-12-26-34(29,30)22-8-6-19(7-9-22)10-13-27(24(28)15-20-11-14-33-17-20)16-21-4-3-5-23-25(21)32-18-31-23/h1,3-9,11,14,17,26H,10,12-13,15-16,18H2. The summed E-state index contributed by atoms with van der Waals surface area (Å²) in [6.07, 6.45) is 6.02. The van der Waals surface area contributed by atoms with Gasteiger partial charge in [0.2, 0.25) is 22.7 Å². The van der Waals surface area contributed by atoms with Gasteiger partial charge >= 0.3 is 0 Å². The van der Waals surface area contributed by atoms with Crippen LogP contribution in [0.25, 0.3) is 0 Å². The van der Waals surface area contributed by atoms with Gasteiger partial charge in [0.15, 0.2) is 11.5 Å². The van der Waals surface area contributed by atoms with E-state index in [2.05, 4.69) is 10.6 Å². The molecule has 0 fully saturated rings. The number of fused-ring (bicyclic) bond motifs is 1. The van der Waals surface area contributed by atoms with E-state index in [0.29, 0.717) is 37.4 Å². The Morgan fingerprint density at radius 3 is 2.68 bits per heavy atom. The number of carbonyl (C=O) groups is 1. The maximum absolute atomic E-state index is 13.2. The molecule has 176 valence electrons. The third-order valence-corrected chi connectivity index (χ3v) is 7.55. The third kappa shape index (κ3) is 5.78. The van der Waals surface area contributed by atoms with Crippen LogP contribution in [0, 0.1) is 12.3 Å². The summed E-state index contributed by atoms with van der Waals surface area (Å²) in [6.45, 7) is 0.955. The summed E-state index contributed by atoms with van der Waals surface area (Å²) in [5.41, 5.74) is 2.78. The molecule has 0 saturated heterocycles. The first-order valence-corrected chi connectivity index (χ1v) is 13.1. The van der Waals surface area contributed by atoms with Crippen LogP contribution in [0.15, 0.2) is 64.2 Å². The van der Waals surface area contributed by atoms with Crippen molar-refractivity contribution >= 4 is 27.3 Å². The number of nitrogens with zero attached hydrogens (tertiary/aromatic N) is 1. The number of sulfonamides is 1. The number of hydrogen-bond acceptors (Lipinski definition) is 6. The molecule has 2 aromatic carbocycles. The molecule has 1 aliphatic heterocycles. The van der Waals surface area contributed by atoms with Crippen LogP contribution in [-0.2, 0) is 34.2 Å². The predicted octanol–water partition coefficient (Wildman–Crippen LogP) is 3.20. The smallest absolute Gasteiger partial charge is 0.241 e. The van der Waals surface area contributed by atoms with Crippen molar-refractivity contribution in [2.45, 2.75) is 24.3 Å². The van der Waals surface area contributed by atoms with Crippen LogP contribution in [0.5, 0.6) is 11.5 Å². The Morgan fingerprint density at radius 1 is 1.12 bits per heavy atom. The minimum Gasteiger partial charge on any atom is -0.454 e. The Bertz CT molecular complexity index is 1280. The minimum atomic E-state index is -3.64. The fraction of sp³-hybridized carbons (Fsp3) is 0.240. The molecule has 4 rings (SSSR count). The SMILES string of the molecule is C#CCNS(=O)(=O)c1ccc(CCN(Cc2cccc3c2OCO3)C(=O)Cc2ccsc2)cc1. The molecule has 0 aliphatic carbocycles. The molecular weight excluding hydrogens is 472 g/mol. The van der Waals surface area contributed by atoms with E-state index >= 15 is 0 Å². The van der Waals surface area contributed by atoms with Gasteiger partial charge in [0.1, 0.15) is 0 Å². The molecule has 0 unspecified atom stereocenters. The molecule has 1 aliphatic rings. The fourth-order valence-electron chi connectivity index (χ4n) is 3.61. The first kappa shape index (κ1) is 23.8. The predicted molar refractivity (Wildman–Crippen MR) is 130 cm³/mol. The second kappa shape index (κ2) is 10.7. The molecule has 34 heavy (non-hydrogen) atoms. The minimum absolute atomic E-state index is 0.00704. The summed E-state index contributed by atoms with van der Waals surface area (Å²) < 4.78 is 37.9. The summed E-state index contributed by atoms with van der Waals surface area (Å²) >= 11 is 1.56. The third-order valence-electron chi connectivity index (χ3n) is 5.40. The number of thiophene rings is 1. The lowest BCUT2D eigenvalue weighted by Crippen LogP contribution is -2.33. The van der Waals surface area contributed by atoms with Crippen molar-refractivity contribution < 1.29 is 22.7 Å². The molecule has 2 heterocycles. The number of hydrogen-bond donors (Lipinski definition) is 1. The fourth-order valence-corrected chi connectivity index (χ4v) is 5.21. The van der Waals surface area contributed by atoms with Gasteiger partial charge in [-0.3, -0.25) is 4.79 Å². The first-order valence-electron chi connectivity index (χ1n) is 10.6. The summed E-state index contributed by atoms with van der Waals surface area (Å²) in [5, 5.41) is 3.93. The molecule has 1 aromatic heterocycles. The van der Waals surface area contributed by atoms with Gasteiger partial charge in [0.05, 0.1) is 17.9 Å². The van der Waals surface area contributed by atoms with Gasteiger partial charge in [-0.1, -0.05) is 30.2 Å². The van der Waals surface area contributed by atoms with E-state index in [1.807, 2.05) is 35.0 Å². The van der Waals surface area contributed by atoms with Gasteiger partial charge in [0, 0.05) is 18.7 Å². The van der Waals surface area contributed by atoms with Gasteiger partial charge in [-0.2, -0.15) is 16.1 Å². The van der Waals surface area contributed by atoms with E-state index in [1.165, 1.54) is 0 Å². The van der Waals surface area contributed by atoms with Crippen LogP contribution in [0.1, 0.15) is 16.7 Å². The van der Waals surface area contributed by atoms with Crippen LogP contribution >= 0.6 is 11.3 Å². The molecule has 0 bridgehead atoms. The first-order chi connectivity index (χ1) is 16.5. The Hall–Kier alpha value is -3.32.